The van der Waals surface area contributed by atoms with E-state index >= 15 is 0 Å². The van der Waals surface area contributed by atoms with E-state index in [4.69, 9.17) is 10.5 Å². The van der Waals surface area contributed by atoms with Gasteiger partial charge < -0.3 is 15.4 Å². The van der Waals surface area contributed by atoms with Crippen LogP contribution in [-0.2, 0) is 4.74 Å². The molecule has 0 aliphatic carbocycles. The lowest BCUT2D eigenvalue weighted by molar-refractivity contribution is 0.0601. The molecule has 1 aromatic carbocycles. The van der Waals surface area contributed by atoms with E-state index in [9.17, 15) is 4.79 Å². The van der Waals surface area contributed by atoms with Crippen LogP contribution < -0.4 is 10.6 Å². The standard InChI is InChI=1S/C11H16N2O2/c1-4-13(2)10-6-5-8(12)7-9(10)11(14)15-3/h5-7H,4,12H2,1-3H3. The summed E-state index contributed by atoms with van der Waals surface area (Å²) in [6.45, 7) is 2.82. The minimum absolute atomic E-state index is 0.363. The highest BCUT2D eigenvalue weighted by atomic mass is 16.5. The smallest absolute Gasteiger partial charge is 0.340 e. The summed E-state index contributed by atoms with van der Waals surface area (Å²) in [5.74, 6) is -0.363. The molecule has 1 rings (SSSR count). The number of nitrogens with zero attached hydrogens (tertiary/aromatic N) is 1. The van der Waals surface area contributed by atoms with Gasteiger partial charge >= 0.3 is 5.97 Å². The van der Waals surface area contributed by atoms with E-state index in [1.807, 2.05) is 24.9 Å². The summed E-state index contributed by atoms with van der Waals surface area (Å²) in [5.41, 5.74) is 7.53. The molecule has 15 heavy (non-hydrogen) atoms. The van der Waals surface area contributed by atoms with Gasteiger partial charge in [-0.15, -0.1) is 0 Å². The van der Waals surface area contributed by atoms with Crippen LogP contribution in [0.4, 0.5) is 11.4 Å². The Morgan fingerprint density at radius 3 is 2.73 bits per heavy atom. The second-order valence-electron chi connectivity index (χ2n) is 3.28. The van der Waals surface area contributed by atoms with Crippen LogP contribution in [0.5, 0.6) is 0 Å². The fraction of sp³-hybridized carbons (Fsp3) is 0.364. The van der Waals surface area contributed by atoms with Crippen molar-refractivity contribution in [2.24, 2.45) is 0 Å². The second-order valence-corrected chi connectivity index (χ2v) is 3.28. The Balaban J connectivity index is 3.20. The van der Waals surface area contributed by atoms with Crippen molar-refractivity contribution in [3.05, 3.63) is 23.8 Å². The number of anilines is 2. The van der Waals surface area contributed by atoms with Gasteiger partial charge in [0.05, 0.1) is 18.4 Å². The van der Waals surface area contributed by atoms with Crippen LogP contribution in [0.2, 0.25) is 0 Å². The van der Waals surface area contributed by atoms with Gasteiger partial charge in [-0.25, -0.2) is 4.79 Å². The third-order valence-corrected chi connectivity index (χ3v) is 2.31. The second kappa shape index (κ2) is 4.68. The van der Waals surface area contributed by atoms with E-state index in [2.05, 4.69) is 0 Å². The summed E-state index contributed by atoms with van der Waals surface area (Å²) in [7, 11) is 3.28. The average molecular weight is 208 g/mol. The molecule has 0 aliphatic rings. The first-order valence-electron chi connectivity index (χ1n) is 4.79. The molecule has 0 amide bonds. The highest BCUT2D eigenvalue weighted by Crippen LogP contribution is 2.22. The lowest BCUT2D eigenvalue weighted by atomic mass is 10.1. The summed E-state index contributed by atoms with van der Waals surface area (Å²) in [6, 6.07) is 5.23. The van der Waals surface area contributed by atoms with Crippen LogP contribution >= 0.6 is 0 Å². The van der Waals surface area contributed by atoms with Gasteiger partial charge in [0.15, 0.2) is 0 Å². The Kier molecular flexibility index (Phi) is 3.55. The molecule has 4 heteroatoms. The zero-order chi connectivity index (χ0) is 11.4. The predicted octanol–water partition coefficient (Wildman–Crippen LogP) is 1.51. The molecule has 0 fully saturated rings. The third-order valence-electron chi connectivity index (χ3n) is 2.31. The van der Waals surface area contributed by atoms with Crippen LogP contribution in [-0.4, -0.2) is 26.7 Å². The highest BCUT2D eigenvalue weighted by molar-refractivity contribution is 5.96. The Morgan fingerprint density at radius 1 is 1.53 bits per heavy atom. The van der Waals surface area contributed by atoms with Crippen molar-refractivity contribution in [3.8, 4) is 0 Å². The van der Waals surface area contributed by atoms with E-state index in [0.717, 1.165) is 12.2 Å². The van der Waals surface area contributed by atoms with Crippen molar-refractivity contribution < 1.29 is 9.53 Å². The van der Waals surface area contributed by atoms with Gasteiger partial charge in [0.25, 0.3) is 0 Å². The third kappa shape index (κ3) is 2.40. The molecule has 0 aromatic heterocycles. The van der Waals surface area contributed by atoms with Crippen molar-refractivity contribution in [3.63, 3.8) is 0 Å². The van der Waals surface area contributed by atoms with Crippen molar-refractivity contribution in [1.29, 1.82) is 0 Å². The van der Waals surface area contributed by atoms with Crippen molar-refractivity contribution in [2.45, 2.75) is 6.92 Å². The normalized spacial score (nSPS) is 9.80. The zero-order valence-electron chi connectivity index (χ0n) is 9.28. The first-order chi connectivity index (χ1) is 7.10. The van der Waals surface area contributed by atoms with Crippen LogP contribution in [0.15, 0.2) is 18.2 Å². The SMILES string of the molecule is CCN(C)c1ccc(N)cc1C(=O)OC. The van der Waals surface area contributed by atoms with E-state index in [-0.39, 0.29) is 5.97 Å². The minimum atomic E-state index is -0.363. The Morgan fingerprint density at radius 2 is 2.20 bits per heavy atom. The first kappa shape index (κ1) is 11.4. The van der Waals surface area contributed by atoms with Crippen LogP contribution in [0.25, 0.3) is 0 Å². The number of rotatable bonds is 3. The number of hydrogen-bond donors (Lipinski definition) is 1. The van der Waals surface area contributed by atoms with Crippen molar-refractivity contribution in [1.82, 2.24) is 0 Å². The summed E-state index contributed by atoms with van der Waals surface area (Å²) >= 11 is 0. The Bertz CT molecular complexity index is 364. The maximum Gasteiger partial charge on any atom is 0.340 e. The molecule has 0 spiro atoms. The first-order valence-corrected chi connectivity index (χ1v) is 4.79. The number of carbonyl (C=O) groups excluding carboxylic acids is 1. The average Bonchev–Trinajstić information content (AvgIpc) is 2.26. The molecule has 0 heterocycles. The predicted molar refractivity (Wildman–Crippen MR) is 61.1 cm³/mol. The maximum absolute atomic E-state index is 11.5. The summed E-state index contributed by atoms with van der Waals surface area (Å²) in [5, 5.41) is 0. The van der Waals surface area contributed by atoms with Gasteiger partial charge in [0.2, 0.25) is 0 Å². The molecular formula is C11H16N2O2. The molecule has 0 saturated heterocycles. The lowest BCUT2D eigenvalue weighted by Gasteiger charge is -2.19. The molecule has 0 bridgehead atoms. The van der Waals surface area contributed by atoms with Gasteiger partial charge in [0, 0.05) is 19.3 Å². The van der Waals surface area contributed by atoms with Crippen molar-refractivity contribution >= 4 is 17.3 Å². The van der Waals surface area contributed by atoms with E-state index in [0.29, 0.717) is 11.3 Å². The van der Waals surface area contributed by atoms with Gasteiger partial charge in [-0.3, -0.25) is 0 Å². The number of esters is 1. The fourth-order valence-electron chi connectivity index (χ4n) is 1.33. The molecule has 1 aromatic rings. The molecule has 0 saturated carbocycles. The Hall–Kier alpha value is -1.71. The molecule has 0 unspecified atom stereocenters. The zero-order valence-corrected chi connectivity index (χ0v) is 9.28. The number of hydrogen-bond acceptors (Lipinski definition) is 4. The molecule has 0 radical (unpaired) electrons. The summed E-state index contributed by atoms with van der Waals surface area (Å²) < 4.78 is 4.71. The minimum Gasteiger partial charge on any atom is -0.465 e. The number of ether oxygens (including phenoxy) is 1. The van der Waals surface area contributed by atoms with Gasteiger partial charge in [0.1, 0.15) is 0 Å². The highest BCUT2D eigenvalue weighted by Gasteiger charge is 2.14. The van der Waals surface area contributed by atoms with E-state index in [1.165, 1.54) is 7.11 Å². The molecule has 0 aliphatic heterocycles. The molecule has 4 nitrogen and oxygen atoms in total. The summed E-state index contributed by atoms with van der Waals surface area (Å²) in [6.07, 6.45) is 0. The van der Waals surface area contributed by atoms with Crippen LogP contribution in [0.3, 0.4) is 0 Å². The molecule has 82 valence electrons. The fourth-order valence-corrected chi connectivity index (χ4v) is 1.33. The topological polar surface area (TPSA) is 55.6 Å². The number of carbonyl (C=O) groups is 1. The number of methoxy groups -OCH3 is 1. The van der Waals surface area contributed by atoms with Crippen LogP contribution in [0.1, 0.15) is 17.3 Å². The van der Waals surface area contributed by atoms with Gasteiger partial charge in [-0.2, -0.15) is 0 Å². The number of nitrogen functional groups attached to an aromatic ring is 1. The number of benzene rings is 1. The summed E-state index contributed by atoms with van der Waals surface area (Å²) in [4.78, 5) is 13.5. The largest absolute Gasteiger partial charge is 0.465 e. The quantitative estimate of drug-likeness (QED) is 0.604. The van der Waals surface area contributed by atoms with E-state index in [1.54, 1.807) is 12.1 Å². The van der Waals surface area contributed by atoms with Crippen molar-refractivity contribution in [2.75, 3.05) is 31.3 Å². The lowest BCUT2D eigenvalue weighted by Crippen LogP contribution is -2.19. The van der Waals surface area contributed by atoms with Crippen LogP contribution in [0, 0.1) is 0 Å². The Labute approximate surface area is 89.6 Å². The van der Waals surface area contributed by atoms with Gasteiger partial charge in [-0.1, -0.05) is 0 Å². The molecule has 0 atom stereocenters. The maximum atomic E-state index is 11.5. The number of nitrogens with two attached hydrogens (primary N) is 1. The molecule has 2 N–H and O–H groups in total. The van der Waals surface area contributed by atoms with Gasteiger partial charge in [-0.05, 0) is 25.1 Å². The monoisotopic (exact) mass is 208 g/mol. The van der Waals surface area contributed by atoms with E-state index < -0.39 is 0 Å². The molecular weight excluding hydrogens is 192 g/mol.